The first-order valence-electron chi connectivity index (χ1n) is 13.3. The lowest BCUT2D eigenvalue weighted by atomic mass is 9.88. The van der Waals surface area contributed by atoms with Crippen molar-refractivity contribution in [1.29, 1.82) is 0 Å². The van der Waals surface area contributed by atoms with Gasteiger partial charge in [0.15, 0.2) is 0 Å². The summed E-state index contributed by atoms with van der Waals surface area (Å²) in [5.74, 6) is 0.941. The van der Waals surface area contributed by atoms with Gasteiger partial charge in [0.1, 0.15) is 11.0 Å². The minimum atomic E-state index is -0.427. The SMILES string of the molecule is CCCCOc1ccc(NC(=O)C(Sc2ccc(NC(=O)C3CCCCC3)cc2)c2ccccc2)cc1. The molecule has 4 rings (SSSR count). The molecule has 0 aromatic heterocycles. The minimum Gasteiger partial charge on any atom is -0.494 e. The Balaban J connectivity index is 1.40. The summed E-state index contributed by atoms with van der Waals surface area (Å²) >= 11 is 1.49. The number of benzene rings is 3. The first kappa shape index (κ1) is 26.8. The standard InChI is InChI=1S/C31H36N2O3S/c1-2-3-22-36-27-18-14-25(15-19-27)33-31(35)29(23-10-6-4-7-11-23)37-28-20-16-26(17-21-28)32-30(34)24-12-8-5-9-13-24/h4,6-7,10-11,14-21,24,29H,2-3,5,8-9,12-13,22H2,1H3,(H,32,34)(H,33,35). The molecule has 1 fully saturated rings. The average molecular weight is 517 g/mol. The zero-order valence-electron chi connectivity index (χ0n) is 21.5. The maximum absolute atomic E-state index is 13.4. The summed E-state index contributed by atoms with van der Waals surface area (Å²) in [5, 5.41) is 5.69. The normalized spacial score (nSPS) is 14.5. The first-order valence-corrected chi connectivity index (χ1v) is 14.2. The van der Waals surface area contributed by atoms with Gasteiger partial charge >= 0.3 is 0 Å². The van der Waals surface area contributed by atoms with Crippen molar-refractivity contribution in [2.45, 2.75) is 62.0 Å². The highest BCUT2D eigenvalue weighted by atomic mass is 32.2. The first-order chi connectivity index (χ1) is 18.1. The Kier molecular flexibility index (Phi) is 10.1. The molecule has 2 amide bonds. The van der Waals surface area contributed by atoms with E-state index in [-0.39, 0.29) is 17.7 Å². The van der Waals surface area contributed by atoms with Crippen LogP contribution in [0.5, 0.6) is 5.75 Å². The molecule has 0 bridgehead atoms. The molecule has 0 radical (unpaired) electrons. The highest BCUT2D eigenvalue weighted by molar-refractivity contribution is 8.00. The third-order valence-corrected chi connectivity index (χ3v) is 7.85. The van der Waals surface area contributed by atoms with E-state index in [0.717, 1.165) is 66.1 Å². The maximum Gasteiger partial charge on any atom is 0.242 e. The Hall–Kier alpha value is -3.25. The van der Waals surface area contributed by atoms with E-state index < -0.39 is 5.25 Å². The second-order valence-electron chi connectivity index (χ2n) is 9.47. The maximum atomic E-state index is 13.4. The minimum absolute atomic E-state index is 0.0921. The number of hydrogen-bond acceptors (Lipinski definition) is 4. The van der Waals surface area contributed by atoms with Crippen molar-refractivity contribution in [2.75, 3.05) is 17.2 Å². The molecule has 0 heterocycles. The summed E-state index contributed by atoms with van der Waals surface area (Å²) in [6, 6.07) is 25.1. The number of unbranched alkanes of at least 4 members (excludes halogenated alkanes) is 1. The summed E-state index contributed by atoms with van der Waals surface area (Å²) in [5.41, 5.74) is 2.45. The fraction of sp³-hybridized carbons (Fsp3) is 0.355. The number of nitrogens with one attached hydrogen (secondary N) is 2. The number of anilines is 2. The number of ether oxygens (including phenoxy) is 1. The van der Waals surface area contributed by atoms with Crippen LogP contribution in [0.4, 0.5) is 11.4 Å². The topological polar surface area (TPSA) is 67.4 Å². The molecule has 2 N–H and O–H groups in total. The molecule has 3 aromatic carbocycles. The lowest BCUT2D eigenvalue weighted by Gasteiger charge is -2.21. The predicted octanol–water partition coefficient (Wildman–Crippen LogP) is 7.86. The van der Waals surface area contributed by atoms with E-state index in [2.05, 4.69) is 17.6 Å². The van der Waals surface area contributed by atoms with Crippen LogP contribution in [-0.4, -0.2) is 18.4 Å². The Morgan fingerprint density at radius 1 is 0.865 bits per heavy atom. The fourth-order valence-electron chi connectivity index (χ4n) is 4.44. The van der Waals surface area contributed by atoms with Gasteiger partial charge in [-0.3, -0.25) is 9.59 Å². The lowest BCUT2D eigenvalue weighted by Crippen LogP contribution is -2.24. The van der Waals surface area contributed by atoms with Gasteiger partial charge in [-0.1, -0.05) is 62.9 Å². The largest absolute Gasteiger partial charge is 0.494 e. The molecule has 1 saturated carbocycles. The number of carbonyl (C=O) groups is 2. The molecule has 1 aliphatic carbocycles. The molecular weight excluding hydrogens is 480 g/mol. The summed E-state index contributed by atoms with van der Waals surface area (Å²) in [6.07, 6.45) is 7.54. The summed E-state index contributed by atoms with van der Waals surface area (Å²) < 4.78 is 5.73. The van der Waals surface area contributed by atoms with Crippen molar-refractivity contribution in [3.8, 4) is 5.75 Å². The van der Waals surface area contributed by atoms with Crippen LogP contribution in [0.15, 0.2) is 83.8 Å². The average Bonchev–Trinajstić information content (AvgIpc) is 2.94. The van der Waals surface area contributed by atoms with Gasteiger partial charge in [0.2, 0.25) is 11.8 Å². The van der Waals surface area contributed by atoms with Crippen molar-refractivity contribution in [1.82, 2.24) is 0 Å². The van der Waals surface area contributed by atoms with Gasteiger partial charge in [-0.15, -0.1) is 11.8 Å². The van der Waals surface area contributed by atoms with Crippen LogP contribution >= 0.6 is 11.8 Å². The van der Waals surface area contributed by atoms with Crippen LogP contribution in [0.1, 0.15) is 62.7 Å². The van der Waals surface area contributed by atoms with E-state index in [1.807, 2.05) is 78.9 Å². The molecule has 1 unspecified atom stereocenters. The van der Waals surface area contributed by atoms with Gasteiger partial charge < -0.3 is 15.4 Å². The van der Waals surface area contributed by atoms with Gasteiger partial charge in [0.05, 0.1) is 6.61 Å². The molecule has 0 spiro atoms. The molecule has 1 aliphatic rings. The van der Waals surface area contributed by atoms with Crippen LogP contribution in [0.2, 0.25) is 0 Å². The third-order valence-electron chi connectivity index (χ3n) is 6.58. The molecule has 194 valence electrons. The van der Waals surface area contributed by atoms with Crippen molar-refractivity contribution in [2.24, 2.45) is 5.92 Å². The molecule has 5 nitrogen and oxygen atoms in total. The molecule has 37 heavy (non-hydrogen) atoms. The Morgan fingerprint density at radius 3 is 2.19 bits per heavy atom. The van der Waals surface area contributed by atoms with Gasteiger partial charge in [-0.2, -0.15) is 0 Å². The second kappa shape index (κ2) is 13.9. The number of rotatable bonds is 11. The highest BCUT2D eigenvalue weighted by Gasteiger charge is 2.23. The number of hydrogen-bond donors (Lipinski definition) is 2. The number of thioether (sulfide) groups is 1. The molecule has 0 saturated heterocycles. The summed E-state index contributed by atoms with van der Waals surface area (Å²) in [6.45, 7) is 2.82. The van der Waals surface area contributed by atoms with E-state index in [9.17, 15) is 9.59 Å². The molecule has 1 atom stereocenters. The van der Waals surface area contributed by atoms with Gasteiger partial charge in [0.25, 0.3) is 0 Å². The highest BCUT2D eigenvalue weighted by Crippen LogP contribution is 2.37. The Morgan fingerprint density at radius 2 is 1.51 bits per heavy atom. The molecule has 3 aromatic rings. The fourth-order valence-corrected chi connectivity index (χ4v) is 5.46. The number of carbonyl (C=O) groups excluding carboxylic acids is 2. The Bertz CT molecular complexity index is 1130. The van der Waals surface area contributed by atoms with E-state index in [1.165, 1.54) is 18.2 Å². The van der Waals surface area contributed by atoms with E-state index >= 15 is 0 Å². The second-order valence-corrected chi connectivity index (χ2v) is 10.7. The van der Waals surface area contributed by atoms with Crippen molar-refractivity contribution in [3.63, 3.8) is 0 Å². The van der Waals surface area contributed by atoms with Crippen molar-refractivity contribution in [3.05, 3.63) is 84.4 Å². The van der Waals surface area contributed by atoms with Crippen molar-refractivity contribution < 1.29 is 14.3 Å². The van der Waals surface area contributed by atoms with Crippen LogP contribution < -0.4 is 15.4 Å². The predicted molar refractivity (Wildman–Crippen MR) is 152 cm³/mol. The van der Waals surface area contributed by atoms with Gasteiger partial charge in [0, 0.05) is 22.2 Å². The molecule has 6 heteroatoms. The zero-order valence-corrected chi connectivity index (χ0v) is 22.3. The number of amides is 2. The van der Waals surface area contributed by atoms with Crippen molar-refractivity contribution >= 4 is 35.0 Å². The lowest BCUT2D eigenvalue weighted by molar-refractivity contribution is -0.120. The van der Waals surface area contributed by atoms with E-state index in [1.54, 1.807) is 0 Å². The quantitative estimate of drug-likeness (QED) is 0.201. The molecule has 0 aliphatic heterocycles. The monoisotopic (exact) mass is 516 g/mol. The summed E-state index contributed by atoms with van der Waals surface area (Å²) in [7, 11) is 0. The zero-order chi connectivity index (χ0) is 25.9. The molecular formula is C31H36N2O3S. The Labute approximate surface area is 224 Å². The van der Waals surface area contributed by atoms with Crippen LogP contribution in [0, 0.1) is 5.92 Å². The van der Waals surface area contributed by atoms with Gasteiger partial charge in [-0.25, -0.2) is 0 Å². The summed E-state index contributed by atoms with van der Waals surface area (Å²) in [4.78, 5) is 26.9. The van der Waals surface area contributed by atoms with E-state index in [4.69, 9.17) is 4.74 Å². The van der Waals surface area contributed by atoms with Gasteiger partial charge in [-0.05, 0) is 73.4 Å². The smallest absolute Gasteiger partial charge is 0.242 e. The van der Waals surface area contributed by atoms with Crippen LogP contribution in [0.3, 0.4) is 0 Å². The third kappa shape index (κ3) is 8.12. The van der Waals surface area contributed by atoms with Crippen LogP contribution in [-0.2, 0) is 9.59 Å². The van der Waals surface area contributed by atoms with Crippen LogP contribution in [0.25, 0.3) is 0 Å². The van der Waals surface area contributed by atoms with E-state index in [0.29, 0.717) is 6.61 Å².